The lowest BCUT2D eigenvalue weighted by atomic mass is 9.93. The van der Waals surface area contributed by atoms with Gasteiger partial charge in [-0.05, 0) is 42.5 Å². The van der Waals surface area contributed by atoms with E-state index in [9.17, 15) is 9.59 Å². The fourth-order valence-electron chi connectivity index (χ4n) is 3.26. The number of oxime groups is 1. The molecule has 0 radical (unpaired) electrons. The second-order valence-electron chi connectivity index (χ2n) is 6.03. The normalized spacial score (nSPS) is 21.0. The van der Waals surface area contributed by atoms with E-state index in [0.29, 0.717) is 33.5 Å². The number of hydrogen-bond acceptors (Lipinski definition) is 6. The quantitative estimate of drug-likeness (QED) is 0.755. The molecule has 2 aliphatic rings. The van der Waals surface area contributed by atoms with Crippen LogP contribution in [0.5, 0.6) is 11.5 Å². The van der Waals surface area contributed by atoms with Crippen molar-refractivity contribution in [2.75, 3.05) is 19.1 Å². The molecule has 4 rings (SSSR count). The molecule has 0 saturated carbocycles. The number of ether oxygens (including phenoxy) is 2. The molecule has 2 atom stereocenters. The van der Waals surface area contributed by atoms with Crippen molar-refractivity contribution >= 4 is 34.8 Å². The van der Waals surface area contributed by atoms with Crippen molar-refractivity contribution in [3.05, 3.63) is 53.1 Å². The molecule has 1 fully saturated rings. The van der Waals surface area contributed by atoms with E-state index in [4.69, 9.17) is 25.9 Å². The standard InChI is InChI=1S/C19H15ClN2O5/c1-25-12-7-8-14(26-2)13(9-12)16-15-17(27-21-16)19(24)22(18(15)23)11-5-3-10(20)4-6-11/h3-9,15,17H,1-2H3/t15-,17+/m1/s1. The summed E-state index contributed by atoms with van der Waals surface area (Å²) in [6, 6.07) is 11.6. The highest BCUT2D eigenvalue weighted by Gasteiger charge is 2.56. The lowest BCUT2D eigenvalue weighted by Crippen LogP contribution is -2.33. The number of anilines is 1. The van der Waals surface area contributed by atoms with Crippen molar-refractivity contribution < 1.29 is 23.9 Å². The van der Waals surface area contributed by atoms with Gasteiger partial charge in [-0.25, -0.2) is 4.90 Å². The fourth-order valence-corrected chi connectivity index (χ4v) is 3.39. The van der Waals surface area contributed by atoms with Crippen LogP contribution in [0.25, 0.3) is 0 Å². The maximum Gasteiger partial charge on any atom is 0.278 e. The van der Waals surface area contributed by atoms with E-state index in [1.165, 1.54) is 14.2 Å². The van der Waals surface area contributed by atoms with Gasteiger partial charge < -0.3 is 14.3 Å². The summed E-state index contributed by atoms with van der Waals surface area (Å²) in [6.45, 7) is 0. The fraction of sp³-hybridized carbons (Fsp3) is 0.211. The Morgan fingerprint density at radius 3 is 2.44 bits per heavy atom. The maximum atomic E-state index is 13.1. The number of carbonyl (C=O) groups is 2. The van der Waals surface area contributed by atoms with E-state index < -0.39 is 23.8 Å². The first-order chi connectivity index (χ1) is 13.0. The van der Waals surface area contributed by atoms with Crippen LogP contribution in [0.4, 0.5) is 5.69 Å². The van der Waals surface area contributed by atoms with Gasteiger partial charge in [-0.3, -0.25) is 9.59 Å². The van der Waals surface area contributed by atoms with Crippen LogP contribution in [-0.4, -0.2) is 37.8 Å². The monoisotopic (exact) mass is 386 g/mol. The van der Waals surface area contributed by atoms with Gasteiger partial charge in [0.1, 0.15) is 23.1 Å². The summed E-state index contributed by atoms with van der Waals surface area (Å²) < 4.78 is 10.6. The van der Waals surface area contributed by atoms with Gasteiger partial charge in [0, 0.05) is 10.6 Å². The summed E-state index contributed by atoms with van der Waals surface area (Å²) in [5.74, 6) is -0.650. The highest BCUT2D eigenvalue weighted by molar-refractivity contribution is 6.33. The lowest BCUT2D eigenvalue weighted by Gasteiger charge is -2.16. The van der Waals surface area contributed by atoms with Gasteiger partial charge in [-0.15, -0.1) is 0 Å². The molecule has 0 spiro atoms. The minimum absolute atomic E-state index is 0.338. The second kappa shape index (κ2) is 6.59. The van der Waals surface area contributed by atoms with Crippen LogP contribution in [0.15, 0.2) is 47.6 Å². The largest absolute Gasteiger partial charge is 0.497 e. The van der Waals surface area contributed by atoms with E-state index in [2.05, 4.69) is 5.16 Å². The average molecular weight is 387 g/mol. The number of halogens is 1. The number of nitrogens with zero attached hydrogens (tertiary/aromatic N) is 2. The summed E-state index contributed by atoms with van der Waals surface area (Å²) in [5, 5.41) is 4.52. The summed E-state index contributed by atoms with van der Waals surface area (Å²) in [6.07, 6.45) is -1.00. The molecule has 7 nitrogen and oxygen atoms in total. The summed E-state index contributed by atoms with van der Waals surface area (Å²) >= 11 is 5.89. The van der Waals surface area contributed by atoms with Gasteiger partial charge in [0.2, 0.25) is 12.0 Å². The molecule has 27 heavy (non-hydrogen) atoms. The Balaban J connectivity index is 1.73. The molecule has 0 bridgehead atoms. The molecule has 8 heteroatoms. The Morgan fingerprint density at radius 1 is 1.04 bits per heavy atom. The highest BCUT2D eigenvalue weighted by atomic mass is 35.5. The predicted octanol–water partition coefficient (Wildman–Crippen LogP) is 2.65. The third-order valence-electron chi connectivity index (χ3n) is 4.58. The molecular formula is C19H15ClN2O5. The van der Waals surface area contributed by atoms with Crippen molar-refractivity contribution in [1.29, 1.82) is 0 Å². The minimum atomic E-state index is -1.00. The van der Waals surface area contributed by atoms with Crippen LogP contribution < -0.4 is 14.4 Å². The Hall–Kier alpha value is -3.06. The molecule has 2 aliphatic heterocycles. The molecule has 0 unspecified atom stereocenters. The van der Waals surface area contributed by atoms with E-state index in [1.54, 1.807) is 42.5 Å². The number of amides is 2. The van der Waals surface area contributed by atoms with E-state index in [0.717, 1.165) is 4.90 Å². The first kappa shape index (κ1) is 17.4. The highest BCUT2D eigenvalue weighted by Crippen LogP contribution is 2.38. The molecule has 2 amide bonds. The Labute approximate surface area is 160 Å². The first-order valence-corrected chi connectivity index (χ1v) is 8.52. The zero-order valence-electron chi connectivity index (χ0n) is 14.5. The molecule has 2 aromatic carbocycles. The van der Waals surface area contributed by atoms with Crippen molar-refractivity contribution in [2.24, 2.45) is 11.1 Å². The molecule has 1 saturated heterocycles. The molecule has 2 heterocycles. The zero-order chi connectivity index (χ0) is 19.1. The smallest absolute Gasteiger partial charge is 0.278 e. The van der Waals surface area contributed by atoms with E-state index >= 15 is 0 Å². The first-order valence-electron chi connectivity index (χ1n) is 8.14. The molecule has 0 N–H and O–H groups in total. The predicted molar refractivity (Wildman–Crippen MR) is 98.4 cm³/mol. The molecule has 138 valence electrons. The lowest BCUT2D eigenvalue weighted by molar-refractivity contribution is -0.126. The third kappa shape index (κ3) is 2.71. The summed E-state index contributed by atoms with van der Waals surface area (Å²) in [5.41, 5.74) is 1.32. The minimum Gasteiger partial charge on any atom is -0.497 e. The van der Waals surface area contributed by atoms with Crippen molar-refractivity contribution in [2.45, 2.75) is 6.10 Å². The summed E-state index contributed by atoms with van der Waals surface area (Å²) in [4.78, 5) is 32.2. The molecule has 0 aromatic heterocycles. The third-order valence-corrected chi connectivity index (χ3v) is 4.83. The Kier molecular flexibility index (Phi) is 4.24. The number of carbonyl (C=O) groups excluding carboxylic acids is 2. The molecular weight excluding hydrogens is 372 g/mol. The topological polar surface area (TPSA) is 77.4 Å². The number of benzene rings is 2. The van der Waals surface area contributed by atoms with Crippen LogP contribution in [0.2, 0.25) is 5.02 Å². The van der Waals surface area contributed by atoms with Crippen molar-refractivity contribution in [1.82, 2.24) is 0 Å². The second-order valence-corrected chi connectivity index (χ2v) is 6.47. The zero-order valence-corrected chi connectivity index (χ0v) is 15.3. The van der Waals surface area contributed by atoms with Crippen LogP contribution in [0.3, 0.4) is 0 Å². The van der Waals surface area contributed by atoms with Gasteiger partial charge in [-0.2, -0.15) is 0 Å². The number of methoxy groups -OCH3 is 2. The SMILES string of the molecule is COc1ccc(OC)c(C2=NO[C@@H]3C(=O)N(c4ccc(Cl)cc4)C(=O)[C@H]23)c1. The Morgan fingerprint density at radius 2 is 1.78 bits per heavy atom. The number of rotatable bonds is 4. The van der Waals surface area contributed by atoms with Crippen LogP contribution in [0, 0.1) is 5.92 Å². The van der Waals surface area contributed by atoms with Gasteiger partial charge in [-0.1, -0.05) is 16.8 Å². The van der Waals surface area contributed by atoms with Crippen molar-refractivity contribution in [3.8, 4) is 11.5 Å². The average Bonchev–Trinajstić information content (AvgIpc) is 3.22. The van der Waals surface area contributed by atoms with Crippen molar-refractivity contribution in [3.63, 3.8) is 0 Å². The van der Waals surface area contributed by atoms with Gasteiger partial charge >= 0.3 is 0 Å². The van der Waals surface area contributed by atoms with Crippen LogP contribution >= 0.6 is 11.6 Å². The van der Waals surface area contributed by atoms with Gasteiger partial charge in [0.05, 0.1) is 19.9 Å². The van der Waals surface area contributed by atoms with Gasteiger partial charge in [0.25, 0.3) is 5.91 Å². The molecule has 0 aliphatic carbocycles. The van der Waals surface area contributed by atoms with Crippen LogP contribution in [-0.2, 0) is 14.4 Å². The number of hydrogen-bond donors (Lipinski definition) is 0. The maximum absolute atomic E-state index is 13.1. The number of imide groups is 1. The number of fused-ring (bicyclic) bond motifs is 1. The Bertz CT molecular complexity index is 957. The van der Waals surface area contributed by atoms with E-state index in [-0.39, 0.29) is 0 Å². The van der Waals surface area contributed by atoms with Crippen LogP contribution in [0.1, 0.15) is 5.56 Å². The van der Waals surface area contributed by atoms with E-state index in [1.807, 2.05) is 0 Å². The molecule has 2 aromatic rings. The van der Waals surface area contributed by atoms with Gasteiger partial charge in [0.15, 0.2) is 0 Å². The summed E-state index contributed by atoms with van der Waals surface area (Å²) in [7, 11) is 3.05.